The summed E-state index contributed by atoms with van der Waals surface area (Å²) in [5, 5.41) is 25.7. The SMILES string of the molecule is CCc1nc2sc(N3CCN(CC(=O)N4CC(O)C4)CC3C)nn2c1N(C)c1nc(-c2ccc(F)cc2)c(C#N)s1. The smallest absolute Gasteiger partial charge is 0.236 e. The molecule has 0 aliphatic carbocycles. The van der Waals surface area contributed by atoms with E-state index in [1.807, 2.05) is 23.4 Å². The number of halogens is 1. The molecule has 6 rings (SSSR count). The van der Waals surface area contributed by atoms with Crippen molar-refractivity contribution < 1.29 is 14.3 Å². The maximum absolute atomic E-state index is 13.5. The number of β-amino-alcohol motifs (C(OH)–C–C–N with tert-alkyl or cyclic N) is 1. The summed E-state index contributed by atoms with van der Waals surface area (Å²) in [5.41, 5.74) is 2.08. The number of benzene rings is 1. The highest BCUT2D eigenvalue weighted by Gasteiger charge is 2.33. The zero-order valence-corrected chi connectivity index (χ0v) is 24.6. The molecule has 2 saturated heterocycles. The average molecular weight is 596 g/mol. The Bertz CT molecular complexity index is 1620. The molecule has 2 aliphatic rings. The maximum Gasteiger partial charge on any atom is 0.236 e. The summed E-state index contributed by atoms with van der Waals surface area (Å²) in [6.07, 6.45) is 0.306. The van der Waals surface area contributed by atoms with E-state index in [0.717, 1.165) is 41.2 Å². The van der Waals surface area contributed by atoms with Gasteiger partial charge in [-0.15, -0.1) is 5.10 Å². The molecule has 4 aromatic rings. The third-order valence-electron chi connectivity index (χ3n) is 7.54. The lowest BCUT2D eigenvalue weighted by atomic mass is 10.1. The van der Waals surface area contributed by atoms with Crippen LogP contribution >= 0.6 is 22.7 Å². The van der Waals surface area contributed by atoms with Crippen LogP contribution in [0.25, 0.3) is 16.2 Å². The standard InChI is InChI=1S/C27H30FN9O2S2/c1-4-20-24(33(3)25-31-23(21(11-29)40-25)17-5-7-18(28)8-6-17)37-26(30-20)41-27(32-37)36-10-9-34(12-16(36)2)15-22(39)35-13-19(38)14-35/h5-8,16,19,38H,4,9-10,12-15H2,1-3H3. The Morgan fingerprint density at radius 2 is 1.95 bits per heavy atom. The average Bonchev–Trinajstić information content (AvgIpc) is 3.64. The van der Waals surface area contributed by atoms with Crippen LogP contribution in [0.2, 0.25) is 0 Å². The van der Waals surface area contributed by atoms with Gasteiger partial charge in [-0.05, 0) is 37.6 Å². The number of aliphatic hydroxyl groups excluding tert-OH is 1. The molecule has 0 saturated carbocycles. The number of aromatic nitrogens is 4. The van der Waals surface area contributed by atoms with Crippen molar-refractivity contribution in [3.8, 4) is 17.3 Å². The van der Waals surface area contributed by atoms with Crippen LogP contribution in [0.3, 0.4) is 0 Å². The van der Waals surface area contributed by atoms with Gasteiger partial charge in [0, 0.05) is 51.4 Å². The number of thiazole rings is 1. The molecule has 214 valence electrons. The Hall–Kier alpha value is -3.64. The molecule has 1 aromatic carbocycles. The fraction of sp³-hybridized carbons (Fsp3) is 0.444. The number of carbonyl (C=O) groups is 1. The topological polar surface area (TPSA) is 117 Å². The summed E-state index contributed by atoms with van der Waals surface area (Å²) < 4.78 is 15.3. The summed E-state index contributed by atoms with van der Waals surface area (Å²) in [6.45, 7) is 7.60. The van der Waals surface area contributed by atoms with Crippen LogP contribution in [0.4, 0.5) is 20.5 Å². The Balaban J connectivity index is 1.23. The van der Waals surface area contributed by atoms with E-state index < -0.39 is 6.10 Å². The van der Waals surface area contributed by atoms with Gasteiger partial charge in [0.25, 0.3) is 0 Å². The van der Waals surface area contributed by atoms with Gasteiger partial charge in [0.2, 0.25) is 16.0 Å². The number of likely N-dealkylation sites (tertiary alicyclic amines) is 1. The highest BCUT2D eigenvalue weighted by molar-refractivity contribution is 7.20. The molecule has 2 aliphatic heterocycles. The van der Waals surface area contributed by atoms with Crippen molar-refractivity contribution in [3.05, 3.63) is 40.7 Å². The third kappa shape index (κ3) is 5.14. The van der Waals surface area contributed by atoms with Crippen molar-refractivity contribution in [2.24, 2.45) is 0 Å². The molecule has 3 aromatic heterocycles. The fourth-order valence-corrected chi connectivity index (χ4v) is 7.18. The molecule has 0 bridgehead atoms. The number of hydrogen-bond donors (Lipinski definition) is 1. The number of aryl methyl sites for hydroxylation is 1. The zero-order chi connectivity index (χ0) is 28.8. The van der Waals surface area contributed by atoms with Crippen LogP contribution < -0.4 is 9.80 Å². The number of hydrogen-bond acceptors (Lipinski definition) is 11. The second kappa shape index (κ2) is 11.0. The van der Waals surface area contributed by atoms with Crippen molar-refractivity contribution in [2.75, 3.05) is 56.1 Å². The molecule has 14 heteroatoms. The summed E-state index contributed by atoms with van der Waals surface area (Å²) in [7, 11) is 1.89. The summed E-state index contributed by atoms with van der Waals surface area (Å²) in [5.74, 6) is 0.514. The Labute approximate surface area is 244 Å². The Kier molecular flexibility index (Phi) is 7.37. The van der Waals surface area contributed by atoms with Gasteiger partial charge in [0.15, 0.2) is 10.9 Å². The molecule has 41 heavy (non-hydrogen) atoms. The van der Waals surface area contributed by atoms with E-state index in [1.165, 1.54) is 34.8 Å². The molecular weight excluding hydrogens is 565 g/mol. The maximum atomic E-state index is 13.5. The number of carbonyl (C=O) groups excluding carboxylic acids is 1. The van der Waals surface area contributed by atoms with Crippen LogP contribution in [0.15, 0.2) is 24.3 Å². The summed E-state index contributed by atoms with van der Waals surface area (Å²) >= 11 is 2.80. The largest absolute Gasteiger partial charge is 0.389 e. The third-order valence-corrected chi connectivity index (χ3v) is 9.53. The van der Waals surface area contributed by atoms with Crippen molar-refractivity contribution in [1.82, 2.24) is 29.4 Å². The minimum atomic E-state index is -0.392. The molecule has 0 radical (unpaired) electrons. The first-order valence-corrected chi connectivity index (χ1v) is 15.1. The molecule has 5 heterocycles. The lowest BCUT2D eigenvalue weighted by molar-refractivity contribution is -0.142. The van der Waals surface area contributed by atoms with E-state index in [0.29, 0.717) is 47.3 Å². The van der Waals surface area contributed by atoms with Crippen molar-refractivity contribution >= 4 is 49.6 Å². The molecule has 0 spiro atoms. The molecule has 1 unspecified atom stereocenters. The number of piperazine rings is 1. The summed E-state index contributed by atoms with van der Waals surface area (Å²) in [4.78, 5) is 31.4. The van der Waals surface area contributed by atoms with Gasteiger partial charge >= 0.3 is 0 Å². The highest BCUT2D eigenvalue weighted by atomic mass is 32.1. The first kappa shape index (κ1) is 27.5. The highest BCUT2D eigenvalue weighted by Crippen LogP contribution is 2.38. The number of aliphatic hydroxyl groups is 1. The lowest BCUT2D eigenvalue weighted by Gasteiger charge is -2.41. The minimum Gasteiger partial charge on any atom is -0.389 e. The monoisotopic (exact) mass is 595 g/mol. The first-order valence-electron chi connectivity index (χ1n) is 13.5. The normalized spacial score (nSPS) is 18.1. The summed E-state index contributed by atoms with van der Waals surface area (Å²) in [6, 6.07) is 8.36. The first-order chi connectivity index (χ1) is 19.7. The van der Waals surface area contributed by atoms with E-state index in [1.54, 1.807) is 17.0 Å². The van der Waals surface area contributed by atoms with Crippen LogP contribution in [-0.4, -0.2) is 98.9 Å². The van der Waals surface area contributed by atoms with Gasteiger partial charge < -0.3 is 19.8 Å². The Morgan fingerprint density at radius 3 is 2.61 bits per heavy atom. The van der Waals surface area contributed by atoms with Gasteiger partial charge in [0.1, 0.15) is 22.5 Å². The van der Waals surface area contributed by atoms with E-state index in [2.05, 4.69) is 22.8 Å². The number of anilines is 3. The van der Waals surface area contributed by atoms with Gasteiger partial charge in [-0.2, -0.15) is 9.78 Å². The molecule has 1 atom stereocenters. The second-order valence-corrected chi connectivity index (χ2v) is 12.3. The number of rotatable bonds is 7. The molecular formula is C27H30FN9O2S2. The van der Waals surface area contributed by atoms with Crippen molar-refractivity contribution in [2.45, 2.75) is 32.4 Å². The van der Waals surface area contributed by atoms with Crippen LogP contribution in [0.5, 0.6) is 0 Å². The van der Waals surface area contributed by atoms with Gasteiger partial charge in [0.05, 0.1) is 18.3 Å². The van der Waals surface area contributed by atoms with E-state index in [9.17, 15) is 19.6 Å². The van der Waals surface area contributed by atoms with Crippen LogP contribution in [0, 0.1) is 17.1 Å². The Morgan fingerprint density at radius 1 is 1.20 bits per heavy atom. The van der Waals surface area contributed by atoms with Crippen molar-refractivity contribution in [1.29, 1.82) is 5.26 Å². The molecule has 1 N–H and O–H groups in total. The van der Waals surface area contributed by atoms with Crippen LogP contribution in [-0.2, 0) is 11.2 Å². The van der Waals surface area contributed by atoms with Gasteiger partial charge in [-0.25, -0.2) is 14.4 Å². The van der Waals surface area contributed by atoms with Crippen molar-refractivity contribution in [3.63, 3.8) is 0 Å². The van der Waals surface area contributed by atoms with Crippen LogP contribution in [0.1, 0.15) is 24.4 Å². The number of fused-ring (bicyclic) bond motifs is 1. The van der Waals surface area contributed by atoms with E-state index in [4.69, 9.17) is 15.1 Å². The lowest BCUT2D eigenvalue weighted by Crippen LogP contribution is -2.58. The van der Waals surface area contributed by atoms with E-state index in [-0.39, 0.29) is 17.8 Å². The van der Waals surface area contributed by atoms with Gasteiger partial charge in [-0.3, -0.25) is 9.69 Å². The minimum absolute atomic E-state index is 0.0627. The fourth-order valence-electron chi connectivity index (χ4n) is 5.29. The number of nitriles is 1. The number of amides is 1. The predicted molar refractivity (Wildman–Crippen MR) is 156 cm³/mol. The predicted octanol–water partition coefficient (Wildman–Crippen LogP) is 2.97. The molecule has 2 fully saturated rings. The zero-order valence-electron chi connectivity index (χ0n) is 23.0. The number of imidazole rings is 1. The molecule has 11 nitrogen and oxygen atoms in total. The molecule has 1 amide bonds. The quantitative estimate of drug-likeness (QED) is 0.344. The van der Waals surface area contributed by atoms with Gasteiger partial charge in [-0.1, -0.05) is 29.6 Å². The second-order valence-electron chi connectivity index (χ2n) is 10.4. The number of nitrogens with zero attached hydrogens (tertiary/aromatic N) is 9. The van der Waals surface area contributed by atoms with E-state index >= 15 is 0 Å².